The number of guanidine groups is 1. The molecule has 204 valence electrons. The molecule has 16 heteroatoms. The zero-order valence-electron chi connectivity index (χ0n) is 19.7. The predicted molar refractivity (Wildman–Crippen MR) is 134 cm³/mol. The third-order valence-electron chi connectivity index (χ3n) is 7.50. The maximum atomic E-state index is 12.0. The molecule has 0 spiro atoms. The Labute approximate surface area is 215 Å². The molecular weight excluding hydrogens is 536 g/mol. The number of rotatable bonds is 5. The van der Waals surface area contributed by atoms with Crippen LogP contribution in [0.25, 0.3) is 0 Å². The van der Waals surface area contributed by atoms with Crippen LogP contribution in [0.2, 0.25) is 0 Å². The molecule has 8 atom stereocenters. The second kappa shape index (κ2) is 10.4. The van der Waals surface area contributed by atoms with E-state index in [0.29, 0.717) is 11.5 Å². The van der Waals surface area contributed by atoms with E-state index in [1.807, 2.05) is 0 Å². The summed E-state index contributed by atoms with van der Waals surface area (Å²) in [6, 6.07) is -1.13. The zero-order chi connectivity index (χ0) is 26.4. The van der Waals surface area contributed by atoms with Gasteiger partial charge in [-0.25, -0.2) is 9.98 Å². The van der Waals surface area contributed by atoms with Gasteiger partial charge in [-0.05, 0) is 54.7 Å². The second-order valence-electron chi connectivity index (χ2n) is 10.2. The highest BCUT2D eigenvalue weighted by atomic mass is 35.5. The normalized spacial score (nSPS) is 37.9. The maximum Gasteiger partial charge on any atom is 0.269 e. The second-order valence-corrected chi connectivity index (χ2v) is 13.9. The quantitative estimate of drug-likeness (QED) is 0.171. The summed E-state index contributed by atoms with van der Waals surface area (Å²) in [7, 11) is -9.11. The summed E-state index contributed by atoms with van der Waals surface area (Å²) in [6.45, 7) is 2.19. The van der Waals surface area contributed by atoms with Gasteiger partial charge in [0.2, 0.25) is 17.5 Å². The molecule has 1 heterocycles. The number of aliphatic hydroxyl groups excluding tert-OH is 1. The van der Waals surface area contributed by atoms with E-state index < -0.39 is 55.1 Å². The van der Waals surface area contributed by atoms with Crippen LogP contribution in [0, 0.1) is 11.8 Å². The Kier molecular flexibility index (Phi) is 8.03. The van der Waals surface area contributed by atoms with Crippen molar-refractivity contribution >= 4 is 43.1 Å². The first-order valence-electron chi connectivity index (χ1n) is 11.9. The molecule has 2 fully saturated rings. The van der Waals surface area contributed by atoms with Crippen LogP contribution in [-0.2, 0) is 20.2 Å². The van der Waals surface area contributed by atoms with Gasteiger partial charge in [0.05, 0.1) is 17.4 Å². The molecule has 0 bridgehead atoms. The Bertz CT molecular complexity index is 1170. The van der Waals surface area contributed by atoms with Gasteiger partial charge in [0, 0.05) is 18.2 Å². The molecule has 0 amide bonds. The molecule has 4 rings (SSSR count). The Hall–Kier alpha value is -1.33. The summed E-state index contributed by atoms with van der Waals surface area (Å²) in [5.74, 6) is -0.0572. The van der Waals surface area contributed by atoms with Crippen molar-refractivity contribution in [2.24, 2.45) is 27.6 Å². The number of allylic oxidation sites excluding steroid dienone is 1. The van der Waals surface area contributed by atoms with Gasteiger partial charge in [-0.1, -0.05) is 19.8 Å². The SMILES string of the molecule is CC1CCCC(NC2N=C(Cl)NC(NC3=C4C(CC(S(=O)(=O)O)C3)CC(S(=O)(=O)O)C(N)C4O)=N2)C1. The van der Waals surface area contributed by atoms with E-state index in [1.165, 1.54) is 6.42 Å². The maximum absolute atomic E-state index is 12.0. The van der Waals surface area contributed by atoms with Crippen LogP contribution in [-0.4, -0.2) is 77.3 Å². The van der Waals surface area contributed by atoms with Crippen molar-refractivity contribution in [1.29, 1.82) is 0 Å². The van der Waals surface area contributed by atoms with Crippen molar-refractivity contribution < 1.29 is 31.0 Å². The van der Waals surface area contributed by atoms with Gasteiger partial charge >= 0.3 is 0 Å². The van der Waals surface area contributed by atoms with Crippen LogP contribution in [0.15, 0.2) is 21.3 Å². The number of halogens is 1. The number of hydrogen-bond donors (Lipinski definition) is 7. The molecule has 13 nitrogen and oxygen atoms in total. The van der Waals surface area contributed by atoms with Gasteiger partial charge in [-0.3, -0.25) is 14.4 Å². The number of nitrogens with zero attached hydrogens (tertiary/aromatic N) is 2. The third kappa shape index (κ3) is 6.20. The van der Waals surface area contributed by atoms with Gasteiger partial charge in [0.15, 0.2) is 0 Å². The van der Waals surface area contributed by atoms with E-state index in [2.05, 4.69) is 32.9 Å². The van der Waals surface area contributed by atoms with E-state index >= 15 is 0 Å². The average Bonchev–Trinajstić information content (AvgIpc) is 2.74. The highest BCUT2D eigenvalue weighted by Crippen LogP contribution is 2.42. The van der Waals surface area contributed by atoms with E-state index in [-0.39, 0.29) is 42.3 Å². The van der Waals surface area contributed by atoms with Crippen LogP contribution in [0.5, 0.6) is 0 Å². The average molecular weight is 569 g/mol. The molecule has 0 saturated heterocycles. The first-order chi connectivity index (χ1) is 16.7. The van der Waals surface area contributed by atoms with Crippen LogP contribution >= 0.6 is 11.6 Å². The lowest BCUT2D eigenvalue weighted by atomic mass is 9.72. The molecule has 8 unspecified atom stereocenters. The molecule has 2 saturated carbocycles. The molecule has 0 radical (unpaired) electrons. The molecule has 1 aliphatic heterocycles. The van der Waals surface area contributed by atoms with Crippen molar-refractivity contribution in [2.75, 3.05) is 0 Å². The number of aliphatic hydroxyl groups is 1. The standard InChI is InChI=1S/C20H33ClN6O7S2/c1-9-3-2-4-11(5-9)23-19-25-18(21)26-20(27-19)24-13-8-12(35(29,30)31)6-10-7-14(36(32,33)34)16(22)17(28)15(10)13/h9-12,14,16-17,19,23,28H,2-8,22H2,1H3,(H,29,30,31)(H,32,33,34)(H2,24,25,26,27). The molecule has 0 aromatic carbocycles. The monoisotopic (exact) mass is 568 g/mol. The van der Waals surface area contributed by atoms with E-state index in [1.54, 1.807) is 0 Å². The topological polar surface area (TPSA) is 216 Å². The number of nitrogens with two attached hydrogens (primary N) is 1. The fourth-order valence-corrected chi connectivity index (χ4v) is 7.84. The minimum atomic E-state index is -4.61. The number of fused-ring (bicyclic) bond motifs is 1. The van der Waals surface area contributed by atoms with Crippen LogP contribution in [0.4, 0.5) is 0 Å². The Morgan fingerprint density at radius 2 is 1.81 bits per heavy atom. The van der Waals surface area contributed by atoms with Crippen LogP contribution < -0.4 is 21.7 Å². The summed E-state index contributed by atoms with van der Waals surface area (Å²) in [6.07, 6.45) is 1.49. The van der Waals surface area contributed by atoms with Crippen molar-refractivity contribution in [3.8, 4) is 0 Å². The summed E-state index contributed by atoms with van der Waals surface area (Å²) >= 11 is 6.19. The number of hydrogen-bond acceptors (Lipinski definition) is 11. The fraction of sp³-hybridized carbons (Fsp3) is 0.800. The van der Waals surface area contributed by atoms with E-state index in [4.69, 9.17) is 17.3 Å². The summed E-state index contributed by atoms with van der Waals surface area (Å²) in [5.41, 5.74) is 6.52. The van der Waals surface area contributed by atoms with Gasteiger partial charge in [-0.2, -0.15) is 16.8 Å². The van der Waals surface area contributed by atoms with E-state index in [9.17, 15) is 31.0 Å². The van der Waals surface area contributed by atoms with Gasteiger partial charge in [0.25, 0.3) is 20.2 Å². The van der Waals surface area contributed by atoms with Crippen molar-refractivity contribution in [1.82, 2.24) is 16.0 Å². The van der Waals surface area contributed by atoms with Crippen LogP contribution in [0.1, 0.15) is 51.9 Å². The molecule has 3 aliphatic carbocycles. The Morgan fingerprint density at radius 1 is 1.08 bits per heavy atom. The first kappa shape index (κ1) is 27.7. The number of amidine groups is 1. The highest BCUT2D eigenvalue weighted by molar-refractivity contribution is 7.86. The molecular formula is C20H33ClN6O7S2. The van der Waals surface area contributed by atoms with E-state index in [0.717, 1.165) is 19.3 Å². The smallest absolute Gasteiger partial charge is 0.269 e. The zero-order valence-corrected chi connectivity index (χ0v) is 22.1. The Morgan fingerprint density at radius 3 is 2.44 bits per heavy atom. The van der Waals surface area contributed by atoms with Crippen molar-refractivity contribution in [3.63, 3.8) is 0 Å². The van der Waals surface area contributed by atoms with Crippen molar-refractivity contribution in [2.45, 2.75) is 86.8 Å². The number of aliphatic imine (C=N–C) groups is 2. The summed E-state index contributed by atoms with van der Waals surface area (Å²) in [4.78, 5) is 8.75. The highest BCUT2D eigenvalue weighted by Gasteiger charge is 2.49. The molecule has 0 aromatic rings. The lowest BCUT2D eigenvalue weighted by molar-refractivity contribution is 0.127. The largest absolute Gasteiger partial charge is 0.387 e. The predicted octanol–water partition coefficient (Wildman–Crippen LogP) is -0.149. The number of nitrogens with one attached hydrogen (secondary N) is 3. The molecule has 0 aromatic heterocycles. The minimum Gasteiger partial charge on any atom is -0.387 e. The first-order valence-corrected chi connectivity index (χ1v) is 15.3. The lowest BCUT2D eigenvalue weighted by Gasteiger charge is -2.43. The van der Waals surface area contributed by atoms with Gasteiger partial charge < -0.3 is 21.5 Å². The summed E-state index contributed by atoms with van der Waals surface area (Å²) in [5, 5.41) is 17.3. The van der Waals surface area contributed by atoms with Gasteiger partial charge in [0.1, 0.15) is 5.25 Å². The molecule has 4 aliphatic rings. The third-order valence-corrected chi connectivity index (χ3v) is 10.2. The minimum absolute atomic E-state index is 0.0467. The lowest BCUT2D eigenvalue weighted by Crippen LogP contribution is -2.57. The van der Waals surface area contributed by atoms with Crippen LogP contribution in [0.3, 0.4) is 0 Å². The molecule has 8 N–H and O–H groups in total. The molecule has 36 heavy (non-hydrogen) atoms. The summed E-state index contributed by atoms with van der Waals surface area (Å²) < 4.78 is 67.1. The van der Waals surface area contributed by atoms with Crippen molar-refractivity contribution in [3.05, 3.63) is 11.3 Å². The Balaban J connectivity index is 1.62. The van der Waals surface area contributed by atoms with Gasteiger partial charge in [-0.15, -0.1) is 0 Å². The fourth-order valence-electron chi connectivity index (χ4n) is 5.78.